The van der Waals surface area contributed by atoms with Crippen LogP contribution in [0.5, 0.6) is 0 Å². The minimum absolute atomic E-state index is 0.0434. The molecule has 0 aliphatic heterocycles. The molecule has 1 heterocycles. The number of pyridine rings is 1. The number of carbonyl (C=O) groups excluding carboxylic acids is 1. The van der Waals surface area contributed by atoms with Crippen LogP contribution in [0.15, 0.2) is 16.9 Å². The monoisotopic (exact) mass is 261 g/mol. The maximum atomic E-state index is 11.9. The van der Waals surface area contributed by atoms with Gasteiger partial charge in [0.1, 0.15) is 18.2 Å². The molecular formula is C14H19N3O2. The van der Waals surface area contributed by atoms with Gasteiger partial charge in [-0.15, -0.1) is 0 Å². The minimum Gasteiger partial charge on any atom is -0.355 e. The third-order valence-electron chi connectivity index (χ3n) is 2.86. The number of aryl methyl sites for hydroxylation is 1. The molecule has 0 saturated heterocycles. The normalized spacial score (nSPS) is 10.3. The second-order valence-corrected chi connectivity index (χ2v) is 4.92. The summed E-state index contributed by atoms with van der Waals surface area (Å²) < 4.78 is 1.32. The summed E-state index contributed by atoms with van der Waals surface area (Å²) in [7, 11) is 0. The van der Waals surface area contributed by atoms with Gasteiger partial charge >= 0.3 is 0 Å². The predicted molar refractivity (Wildman–Crippen MR) is 72.6 cm³/mol. The molecule has 0 atom stereocenters. The topological polar surface area (TPSA) is 74.9 Å². The Bertz CT molecular complexity index is 553. The van der Waals surface area contributed by atoms with E-state index in [1.165, 1.54) is 10.6 Å². The quantitative estimate of drug-likeness (QED) is 0.865. The molecule has 0 radical (unpaired) electrons. The summed E-state index contributed by atoms with van der Waals surface area (Å²) in [6, 6.07) is 4.97. The van der Waals surface area contributed by atoms with Crippen molar-refractivity contribution in [3.8, 4) is 6.07 Å². The number of hydrogen-bond donors (Lipinski definition) is 1. The fraction of sp³-hybridized carbons (Fsp3) is 0.500. The zero-order chi connectivity index (χ0) is 14.4. The number of nitrogens with zero attached hydrogens (tertiary/aromatic N) is 2. The summed E-state index contributed by atoms with van der Waals surface area (Å²) in [6.45, 7) is 6.46. The predicted octanol–water partition coefficient (Wildman–Crippen LogP) is 1.19. The Morgan fingerprint density at radius 1 is 1.47 bits per heavy atom. The Morgan fingerprint density at radius 2 is 2.16 bits per heavy atom. The van der Waals surface area contributed by atoms with Gasteiger partial charge in [0.25, 0.3) is 5.56 Å². The number of hydrogen-bond acceptors (Lipinski definition) is 3. The van der Waals surface area contributed by atoms with Crippen LogP contribution in [0.1, 0.15) is 31.5 Å². The molecule has 5 nitrogen and oxygen atoms in total. The Labute approximate surface area is 112 Å². The fourth-order valence-electron chi connectivity index (χ4n) is 1.65. The van der Waals surface area contributed by atoms with Crippen molar-refractivity contribution in [2.45, 2.75) is 33.7 Å². The van der Waals surface area contributed by atoms with Crippen molar-refractivity contribution in [2.24, 2.45) is 5.92 Å². The summed E-state index contributed by atoms with van der Waals surface area (Å²) in [4.78, 5) is 23.6. The van der Waals surface area contributed by atoms with Crippen LogP contribution in [0.2, 0.25) is 0 Å². The zero-order valence-corrected chi connectivity index (χ0v) is 11.6. The molecule has 0 aliphatic rings. The van der Waals surface area contributed by atoms with Crippen molar-refractivity contribution in [3.63, 3.8) is 0 Å². The van der Waals surface area contributed by atoms with Crippen molar-refractivity contribution in [3.05, 3.63) is 33.7 Å². The molecule has 1 amide bonds. The van der Waals surface area contributed by atoms with Crippen LogP contribution in [0.4, 0.5) is 0 Å². The number of amides is 1. The Hall–Kier alpha value is -2.09. The summed E-state index contributed by atoms with van der Waals surface area (Å²) >= 11 is 0. The van der Waals surface area contributed by atoms with Crippen LogP contribution in [-0.2, 0) is 11.3 Å². The van der Waals surface area contributed by atoms with Gasteiger partial charge in [0.2, 0.25) is 5.91 Å². The van der Waals surface area contributed by atoms with Crippen molar-refractivity contribution in [1.29, 1.82) is 5.26 Å². The molecular weight excluding hydrogens is 242 g/mol. The smallest absolute Gasteiger partial charge is 0.269 e. The van der Waals surface area contributed by atoms with E-state index in [9.17, 15) is 9.59 Å². The average molecular weight is 261 g/mol. The molecule has 0 saturated carbocycles. The van der Waals surface area contributed by atoms with E-state index in [-0.39, 0.29) is 18.0 Å². The lowest BCUT2D eigenvalue weighted by atomic mass is 10.1. The third kappa shape index (κ3) is 4.25. The molecule has 1 rings (SSSR count). The van der Waals surface area contributed by atoms with E-state index in [2.05, 4.69) is 19.2 Å². The van der Waals surface area contributed by atoms with E-state index < -0.39 is 5.56 Å². The molecule has 1 N–H and O–H groups in total. The summed E-state index contributed by atoms with van der Waals surface area (Å²) in [5.41, 5.74) is 0.310. The number of rotatable bonds is 5. The van der Waals surface area contributed by atoms with Gasteiger partial charge in [-0.25, -0.2) is 0 Å². The van der Waals surface area contributed by atoms with Crippen LogP contribution in [0, 0.1) is 24.2 Å². The lowest BCUT2D eigenvalue weighted by Gasteiger charge is -2.11. The van der Waals surface area contributed by atoms with Crippen LogP contribution in [0.3, 0.4) is 0 Å². The first-order valence-electron chi connectivity index (χ1n) is 6.33. The number of aromatic nitrogens is 1. The van der Waals surface area contributed by atoms with E-state index in [0.29, 0.717) is 18.2 Å². The Kier molecular flexibility index (Phi) is 5.31. The van der Waals surface area contributed by atoms with Gasteiger partial charge < -0.3 is 9.88 Å². The van der Waals surface area contributed by atoms with Crippen molar-refractivity contribution >= 4 is 5.91 Å². The van der Waals surface area contributed by atoms with Gasteiger partial charge in [0.15, 0.2) is 0 Å². The van der Waals surface area contributed by atoms with Crippen molar-refractivity contribution in [2.75, 3.05) is 6.54 Å². The summed E-state index contributed by atoms with van der Waals surface area (Å²) in [6.07, 6.45) is 0.901. The van der Waals surface area contributed by atoms with E-state index >= 15 is 0 Å². The second-order valence-electron chi connectivity index (χ2n) is 4.92. The first-order chi connectivity index (χ1) is 8.95. The molecule has 102 valence electrons. The SMILES string of the molecule is Cc1ccc(C#N)c(=O)n1CC(=O)NCCC(C)C. The molecule has 1 aromatic rings. The van der Waals surface area contributed by atoms with Crippen LogP contribution >= 0.6 is 0 Å². The number of nitrogens with one attached hydrogen (secondary N) is 1. The standard InChI is InChI=1S/C14H19N3O2/c1-10(2)6-7-16-13(18)9-17-11(3)4-5-12(8-15)14(17)19/h4-5,10H,6-7,9H2,1-3H3,(H,16,18). The maximum Gasteiger partial charge on any atom is 0.269 e. The highest BCUT2D eigenvalue weighted by Crippen LogP contribution is 1.99. The highest BCUT2D eigenvalue weighted by molar-refractivity contribution is 5.75. The van der Waals surface area contributed by atoms with Gasteiger partial charge in [-0.2, -0.15) is 5.26 Å². The van der Waals surface area contributed by atoms with E-state index in [1.54, 1.807) is 13.0 Å². The number of nitriles is 1. The second kappa shape index (κ2) is 6.74. The lowest BCUT2D eigenvalue weighted by Crippen LogP contribution is -2.34. The van der Waals surface area contributed by atoms with E-state index in [4.69, 9.17) is 5.26 Å². The highest BCUT2D eigenvalue weighted by Gasteiger charge is 2.09. The van der Waals surface area contributed by atoms with E-state index in [0.717, 1.165) is 6.42 Å². The Balaban J connectivity index is 2.75. The first kappa shape index (κ1) is 15.0. The van der Waals surface area contributed by atoms with Crippen molar-refractivity contribution in [1.82, 2.24) is 9.88 Å². The fourth-order valence-corrected chi connectivity index (χ4v) is 1.65. The maximum absolute atomic E-state index is 11.9. The van der Waals surface area contributed by atoms with Gasteiger partial charge in [-0.3, -0.25) is 9.59 Å². The zero-order valence-electron chi connectivity index (χ0n) is 11.6. The molecule has 19 heavy (non-hydrogen) atoms. The molecule has 0 bridgehead atoms. The molecule has 0 fully saturated rings. The molecule has 0 spiro atoms. The van der Waals surface area contributed by atoms with Crippen LogP contribution < -0.4 is 10.9 Å². The Morgan fingerprint density at radius 3 is 2.74 bits per heavy atom. The molecule has 5 heteroatoms. The van der Waals surface area contributed by atoms with Gasteiger partial charge in [0, 0.05) is 12.2 Å². The lowest BCUT2D eigenvalue weighted by molar-refractivity contribution is -0.121. The first-order valence-corrected chi connectivity index (χ1v) is 6.33. The van der Waals surface area contributed by atoms with Crippen LogP contribution in [0.25, 0.3) is 0 Å². The minimum atomic E-state index is -0.415. The molecule has 0 unspecified atom stereocenters. The van der Waals surface area contributed by atoms with Gasteiger partial charge in [0.05, 0.1) is 0 Å². The largest absolute Gasteiger partial charge is 0.355 e. The molecule has 1 aromatic heterocycles. The third-order valence-corrected chi connectivity index (χ3v) is 2.86. The van der Waals surface area contributed by atoms with Crippen molar-refractivity contribution < 1.29 is 4.79 Å². The van der Waals surface area contributed by atoms with Gasteiger partial charge in [-0.1, -0.05) is 13.8 Å². The summed E-state index contributed by atoms with van der Waals surface area (Å²) in [5.74, 6) is 0.313. The van der Waals surface area contributed by atoms with Crippen LogP contribution in [-0.4, -0.2) is 17.0 Å². The van der Waals surface area contributed by atoms with Gasteiger partial charge in [-0.05, 0) is 31.4 Å². The van der Waals surface area contributed by atoms with E-state index in [1.807, 2.05) is 6.07 Å². The molecule has 0 aromatic carbocycles. The highest BCUT2D eigenvalue weighted by atomic mass is 16.2. The summed E-state index contributed by atoms with van der Waals surface area (Å²) in [5, 5.41) is 11.6. The number of carbonyl (C=O) groups is 1. The average Bonchev–Trinajstić information content (AvgIpc) is 2.34. The molecule has 0 aliphatic carbocycles.